The van der Waals surface area contributed by atoms with E-state index in [4.69, 9.17) is 0 Å². The van der Waals surface area contributed by atoms with Crippen LogP contribution in [0.3, 0.4) is 0 Å². The average Bonchev–Trinajstić information content (AvgIpc) is 3.05. The van der Waals surface area contributed by atoms with E-state index in [1.807, 2.05) is 56.0 Å². The van der Waals surface area contributed by atoms with Gasteiger partial charge in [-0.1, -0.05) is 18.2 Å². The van der Waals surface area contributed by atoms with Gasteiger partial charge in [-0.3, -0.25) is 14.6 Å². The molecule has 4 rings (SSSR count). The first-order valence-corrected chi connectivity index (χ1v) is 11.0. The minimum absolute atomic E-state index is 0.302. The summed E-state index contributed by atoms with van der Waals surface area (Å²) < 4.78 is 13.6. The highest BCUT2D eigenvalue weighted by molar-refractivity contribution is 6.45. The summed E-state index contributed by atoms with van der Waals surface area (Å²) in [4.78, 5) is 34.6. The van der Waals surface area contributed by atoms with Gasteiger partial charge >= 0.3 is 0 Å². The van der Waals surface area contributed by atoms with Crippen LogP contribution in [0.5, 0.6) is 0 Å². The van der Waals surface area contributed by atoms with Gasteiger partial charge in [-0.05, 0) is 85.8 Å². The molecule has 0 saturated carbocycles. The smallest absolute Gasteiger partial charge is 0.282 e. The molecular weight excluding hydrogens is 417 g/mol. The largest absolute Gasteiger partial charge is 0.366 e. The van der Waals surface area contributed by atoms with Gasteiger partial charge in [-0.25, -0.2) is 9.29 Å². The highest BCUT2D eigenvalue weighted by Crippen LogP contribution is 2.35. The number of anilines is 1. The molecule has 0 saturated heterocycles. The molecule has 0 unspecified atom stereocenters. The molecule has 0 fully saturated rings. The van der Waals surface area contributed by atoms with Crippen molar-refractivity contribution in [1.82, 2.24) is 9.88 Å². The lowest BCUT2D eigenvalue weighted by Crippen LogP contribution is -2.36. The molecular formula is C27H26FN3O2. The van der Waals surface area contributed by atoms with Crippen molar-refractivity contribution in [2.45, 2.75) is 27.2 Å². The Morgan fingerprint density at radius 2 is 1.55 bits per heavy atom. The average molecular weight is 444 g/mol. The Labute approximate surface area is 193 Å². The SMILES string of the molecule is CCN(CCc1ccncc1)C1=C(c2ccc(F)cc2)C(=O)N(c2cc(C)cc(C)c2)C1=O. The lowest BCUT2D eigenvalue weighted by Gasteiger charge is -2.25. The number of carbonyl (C=O) groups excluding carboxylic acids is 2. The van der Waals surface area contributed by atoms with Crippen LogP contribution in [0.25, 0.3) is 5.57 Å². The first kappa shape index (κ1) is 22.4. The number of imide groups is 1. The number of carbonyl (C=O) groups is 2. The Hall–Kier alpha value is -3.80. The third-order valence-electron chi connectivity index (χ3n) is 5.77. The fraction of sp³-hybridized carbons (Fsp3) is 0.222. The van der Waals surface area contributed by atoms with Gasteiger partial charge in [0.25, 0.3) is 11.8 Å². The van der Waals surface area contributed by atoms with Crippen LogP contribution < -0.4 is 4.90 Å². The lowest BCUT2D eigenvalue weighted by molar-refractivity contribution is -0.120. The zero-order chi connectivity index (χ0) is 23.5. The predicted octanol–water partition coefficient (Wildman–Crippen LogP) is 4.69. The molecule has 168 valence electrons. The predicted molar refractivity (Wildman–Crippen MR) is 127 cm³/mol. The van der Waals surface area contributed by atoms with Crippen LogP contribution in [0, 0.1) is 19.7 Å². The summed E-state index contributed by atoms with van der Waals surface area (Å²) in [5.41, 5.74) is 4.74. The van der Waals surface area contributed by atoms with E-state index in [-0.39, 0.29) is 5.91 Å². The molecule has 33 heavy (non-hydrogen) atoms. The summed E-state index contributed by atoms with van der Waals surface area (Å²) in [5.74, 6) is -1.15. The zero-order valence-electron chi connectivity index (χ0n) is 19.0. The van der Waals surface area contributed by atoms with Crippen LogP contribution in [0.4, 0.5) is 10.1 Å². The van der Waals surface area contributed by atoms with Gasteiger partial charge in [0.15, 0.2) is 0 Å². The van der Waals surface area contributed by atoms with E-state index in [1.54, 1.807) is 24.5 Å². The monoisotopic (exact) mass is 443 g/mol. The molecule has 0 atom stereocenters. The van der Waals surface area contributed by atoms with E-state index in [9.17, 15) is 14.0 Å². The van der Waals surface area contributed by atoms with Crippen LogP contribution in [-0.4, -0.2) is 34.8 Å². The minimum Gasteiger partial charge on any atom is -0.366 e. The first-order chi connectivity index (χ1) is 15.9. The van der Waals surface area contributed by atoms with Crippen LogP contribution >= 0.6 is 0 Å². The third-order valence-corrected chi connectivity index (χ3v) is 5.77. The summed E-state index contributed by atoms with van der Waals surface area (Å²) in [6.45, 7) is 6.93. The second-order valence-electron chi connectivity index (χ2n) is 8.21. The summed E-state index contributed by atoms with van der Waals surface area (Å²) in [6.07, 6.45) is 4.17. The topological polar surface area (TPSA) is 53.5 Å². The van der Waals surface area contributed by atoms with Crippen molar-refractivity contribution < 1.29 is 14.0 Å². The number of amides is 2. The highest BCUT2D eigenvalue weighted by atomic mass is 19.1. The molecule has 0 bridgehead atoms. The van der Waals surface area contributed by atoms with Crippen molar-refractivity contribution in [1.29, 1.82) is 0 Å². The first-order valence-electron chi connectivity index (χ1n) is 11.0. The molecule has 6 heteroatoms. The quantitative estimate of drug-likeness (QED) is 0.498. The molecule has 0 radical (unpaired) electrons. The maximum absolute atomic E-state index is 13.7. The van der Waals surface area contributed by atoms with Crippen molar-refractivity contribution in [2.24, 2.45) is 0 Å². The van der Waals surface area contributed by atoms with Gasteiger partial charge in [0.1, 0.15) is 11.5 Å². The van der Waals surface area contributed by atoms with Crippen molar-refractivity contribution in [3.63, 3.8) is 0 Å². The summed E-state index contributed by atoms with van der Waals surface area (Å²) >= 11 is 0. The van der Waals surface area contributed by atoms with Gasteiger partial charge in [-0.2, -0.15) is 0 Å². The van der Waals surface area contributed by atoms with Crippen LogP contribution in [0.15, 0.2) is 72.7 Å². The molecule has 2 heterocycles. The van der Waals surface area contributed by atoms with Gasteiger partial charge in [0, 0.05) is 25.5 Å². The van der Waals surface area contributed by atoms with Crippen molar-refractivity contribution in [3.8, 4) is 0 Å². The van der Waals surface area contributed by atoms with Crippen molar-refractivity contribution in [3.05, 3.63) is 101 Å². The molecule has 5 nitrogen and oxygen atoms in total. The van der Waals surface area contributed by atoms with Gasteiger partial charge in [-0.15, -0.1) is 0 Å². The number of aromatic nitrogens is 1. The van der Waals surface area contributed by atoms with E-state index in [0.29, 0.717) is 42.0 Å². The van der Waals surface area contributed by atoms with Crippen molar-refractivity contribution in [2.75, 3.05) is 18.0 Å². The number of benzene rings is 2. The molecule has 0 N–H and O–H groups in total. The van der Waals surface area contributed by atoms with E-state index >= 15 is 0 Å². The molecule has 3 aromatic rings. The Bertz CT molecular complexity index is 1200. The summed E-state index contributed by atoms with van der Waals surface area (Å²) in [7, 11) is 0. The Morgan fingerprint density at radius 1 is 0.909 bits per heavy atom. The van der Waals surface area contributed by atoms with E-state index < -0.39 is 11.7 Å². The number of aryl methyl sites for hydroxylation is 2. The minimum atomic E-state index is -0.395. The lowest BCUT2D eigenvalue weighted by atomic mass is 10.0. The Kier molecular flexibility index (Phi) is 6.36. The second kappa shape index (κ2) is 9.36. The fourth-order valence-corrected chi connectivity index (χ4v) is 4.24. The highest BCUT2D eigenvalue weighted by Gasteiger charge is 2.42. The number of hydrogen-bond acceptors (Lipinski definition) is 4. The molecule has 2 aromatic carbocycles. The van der Waals surface area contributed by atoms with Gasteiger partial charge < -0.3 is 4.90 Å². The fourth-order valence-electron chi connectivity index (χ4n) is 4.24. The number of hydrogen-bond donors (Lipinski definition) is 0. The summed E-state index contributed by atoms with van der Waals surface area (Å²) in [6, 6.07) is 15.3. The Morgan fingerprint density at radius 3 is 2.15 bits per heavy atom. The van der Waals surface area contributed by atoms with E-state index in [1.165, 1.54) is 17.0 Å². The normalized spacial score (nSPS) is 13.8. The summed E-state index contributed by atoms with van der Waals surface area (Å²) in [5, 5.41) is 0. The second-order valence-corrected chi connectivity index (χ2v) is 8.21. The molecule has 0 aliphatic carbocycles. The third kappa shape index (κ3) is 4.55. The Balaban J connectivity index is 1.78. The molecule has 1 aliphatic heterocycles. The number of nitrogens with zero attached hydrogens (tertiary/aromatic N) is 3. The van der Waals surface area contributed by atoms with Crippen molar-refractivity contribution >= 4 is 23.1 Å². The van der Waals surface area contributed by atoms with Crippen LogP contribution in [0.1, 0.15) is 29.2 Å². The van der Waals surface area contributed by atoms with Crippen LogP contribution in [-0.2, 0) is 16.0 Å². The maximum Gasteiger partial charge on any atom is 0.282 e. The number of pyridine rings is 1. The van der Waals surface area contributed by atoms with Gasteiger partial charge in [0.05, 0.1) is 11.3 Å². The molecule has 1 aliphatic rings. The van der Waals surface area contributed by atoms with E-state index in [0.717, 1.165) is 16.7 Å². The molecule has 2 amide bonds. The van der Waals surface area contributed by atoms with Gasteiger partial charge in [0.2, 0.25) is 0 Å². The maximum atomic E-state index is 13.7. The number of rotatable bonds is 7. The number of likely N-dealkylation sites (N-methyl/N-ethyl adjacent to an activating group) is 1. The standard InChI is InChI=1S/C27H26FN3O2/c1-4-30(14-11-20-9-12-29-13-10-20)25-24(21-5-7-22(28)8-6-21)26(32)31(27(25)33)23-16-18(2)15-19(3)17-23/h5-10,12-13,15-17H,4,11,14H2,1-3H3. The number of halogens is 1. The van der Waals surface area contributed by atoms with E-state index in [2.05, 4.69) is 4.98 Å². The zero-order valence-corrected chi connectivity index (χ0v) is 19.0. The molecule has 0 spiro atoms. The molecule has 1 aromatic heterocycles. The van der Waals surface area contributed by atoms with Crippen LogP contribution in [0.2, 0.25) is 0 Å².